The molecule has 0 atom stereocenters. The Morgan fingerprint density at radius 2 is 1.74 bits per heavy atom. The van der Waals surface area contributed by atoms with Crippen molar-refractivity contribution in [3.05, 3.63) is 92.9 Å². The van der Waals surface area contributed by atoms with Crippen LogP contribution in [-0.2, 0) is 11.3 Å². The van der Waals surface area contributed by atoms with Gasteiger partial charge in [0.25, 0.3) is 0 Å². The fourth-order valence-electron chi connectivity index (χ4n) is 5.24. The number of hydrogen-bond acceptors (Lipinski definition) is 2. The summed E-state index contributed by atoms with van der Waals surface area (Å²) in [6.07, 6.45) is 1.90. The van der Waals surface area contributed by atoms with Gasteiger partial charge in [-0.3, -0.25) is 0 Å². The second-order valence-electron chi connectivity index (χ2n) is 9.30. The average Bonchev–Trinajstić information content (AvgIpc) is 3.05. The van der Waals surface area contributed by atoms with Gasteiger partial charge in [-0.05, 0) is 59.2 Å². The monoisotopic (exact) mass is 575 g/mol. The predicted molar refractivity (Wildman–Crippen MR) is 132 cm³/mol. The van der Waals surface area contributed by atoms with E-state index in [1.807, 2.05) is 34.9 Å². The van der Waals surface area contributed by atoms with Gasteiger partial charge in [-0.1, -0.05) is 30.3 Å². The standard InChI is InChI=1S/C27H21F3INO2/c28-18-8-22-24(23(9-18)34-13-16-4-2-1-3-5-16)25(31)26(17-11-27(12-17)14-33-15-27)32(22)19-6-7-20(29)21(30)10-19/h1-10,17H,11-15H2. The van der Waals surface area contributed by atoms with Gasteiger partial charge in [0.05, 0.1) is 24.1 Å². The Morgan fingerprint density at radius 3 is 2.41 bits per heavy atom. The second kappa shape index (κ2) is 8.30. The molecule has 6 rings (SSSR count). The average molecular weight is 575 g/mol. The van der Waals surface area contributed by atoms with E-state index < -0.39 is 17.5 Å². The molecule has 34 heavy (non-hydrogen) atoms. The van der Waals surface area contributed by atoms with Gasteiger partial charge in [-0.15, -0.1) is 0 Å². The predicted octanol–water partition coefficient (Wildman–Crippen LogP) is 7.13. The van der Waals surface area contributed by atoms with Gasteiger partial charge in [0.2, 0.25) is 0 Å². The molecule has 3 nitrogen and oxygen atoms in total. The van der Waals surface area contributed by atoms with Crippen molar-refractivity contribution in [3.63, 3.8) is 0 Å². The lowest BCUT2D eigenvalue weighted by atomic mass is 9.60. The summed E-state index contributed by atoms with van der Waals surface area (Å²) in [5.74, 6) is -1.65. The highest BCUT2D eigenvalue weighted by molar-refractivity contribution is 14.1. The van der Waals surface area contributed by atoms with Crippen LogP contribution >= 0.6 is 22.6 Å². The maximum absolute atomic E-state index is 14.8. The van der Waals surface area contributed by atoms with Gasteiger partial charge in [0.1, 0.15) is 18.2 Å². The fraction of sp³-hybridized carbons (Fsp3) is 0.259. The number of rotatable bonds is 5. The van der Waals surface area contributed by atoms with E-state index in [0.717, 1.165) is 52.3 Å². The van der Waals surface area contributed by atoms with E-state index in [0.29, 0.717) is 23.6 Å². The van der Waals surface area contributed by atoms with Crippen molar-refractivity contribution in [2.45, 2.75) is 25.4 Å². The van der Waals surface area contributed by atoms with Gasteiger partial charge in [0.15, 0.2) is 11.6 Å². The van der Waals surface area contributed by atoms with Crippen LogP contribution in [0.15, 0.2) is 60.7 Å². The van der Waals surface area contributed by atoms with Crippen molar-refractivity contribution < 1.29 is 22.6 Å². The molecular weight excluding hydrogens is 554 g/mol. The molecule has 0 N–H and O–H groups in total. The lowest BCUT2D eigenvalue weighted by Crippen LogP contribution is -2.51. The molecule has 1 saturated carbocycles. The second-order valence-corrected chi connectivity index (χ2v) is 10.4. The van der Waals surface area contributed by atoms with Crippen molar-refractivity contribution >= 4 is 33.5 Å². The molecule has 0 unspecified atom stereocenters. The SMILES string of the molecule is Fc1cc(OCc2ccccc2)c2c(I)c(C3CC4(COC4)C3)n(-c3ccc(F)c(F)c3)c2c1. The molecule has 1 aliphatic carbocycles. The van der Waals surface area contributed by atoms with E-state index in [1.165, 1.54) is 24.3 Å². The van der Waals surface area contributed by atoms with Gasteiger partial charge >= 0.3 is 0 Å². The van der Waals surface area contributed by atoms with Crippen LogP contribution in [0.3, 0.4) is 0 Å². The summed E-state index contributed by atoms with van der Waals surface area (Å²) in [7, 11) is 0. The molecule has 1 spiro atoms. The number of nitrogens with zero attached hydrogens (tertiary/aromatic N) is 1. The molecule has 2 aliphatic rings. The number of fused-ring (bicyclic) bond motifs is 1. The van der Waals surface area contributed by atoms with Crippen LogP contribution in [0.25, 0.3) is 16.6 Å². The smallest absolute Gasteiger partial charge is 0.160 e. The maximum atomic E-state index is 14.8. The van der Waals surface area contributed by atoms with Crippen molar-refractivity contribution in [3.8, 4) is 11.4 Å². The lowest BCUT2D eigenvalue weighted by Gasteiger charge is -2.53. The summed E-state index contributed by atoms with van der Waals surface area (Å²) < 4.78 is 57.2. The minimum Gasteiger partial charge on any atom is -0.488 e. The Kier molecular flexibility index (Phi) is 5.37. The van der Waals surface area contributed by atoms with E-state index in [4.69, 9.17) is 9.47 Å². The topological polar surface area (TPSA) is 23.4 Å². The quantitative estimate of drug-likeness (QED) is 0.237. The van der Waals surface area contributed by atoms with E-state index in [9.17, 15) is 13.2 Å². The molecule has 174 valence electrons. The van der Waals surface area contributed by atoms with Crippen LogP contribution in [0.1, 0.15) is 30.0 Å². The Morgan fingerprint density at radius 1 is 0.971 bits per heavy atom. The van der Waals surface area contributed by atoms with E-state index in [1.54, 1.807) is 0 Å². The van der Waals surface area contributed by atoms with Crippen LogP contribution < -0.4 is 4.74 Å². The Hall–Kier alpha value is -2.52. The molecule has 2 fully saturated rings. The first-order valence-corrected chi connectivity index (χ1v) is 12.3. The highest BCUT2D eigenvalue weighted by Gasteiger charge is 2.51. The lowest BCUT2D eigenvalue weighted by molar-refractivity contribution is -0.165. The summed E-state index contributed by atoms with van der Waals surface area (Å²) in [6, 6.07) is 16.4. The molecule has 0 amide bonds. The zero-order valence-electron chi connectivity index (χ0n) is 18.2. The Balaban J connectivity index is 1.51. The van der Waals surface area contributed by atoms with Gasteiger partial charge in [0, 0.05) is 38.4 Å². The molecule has 7 heteroatoms. The van der Waals surface area contributed by atoms with Crippen molar-refractivity contribution in [1.29, 1.82) is 0 Å². The molecule has 1 aliphatic heterocycles. The largest absolute Gasteiger partial charge is 0.488 e. The molecule has 4 aromatic rings. The van der Waals surface area contributed by atoms with Crippen LogP contribution in [-0.4, -0.2) is 17.8 Å². The highest BCUT2D eigenvalue weighted by Crippen LogP contribution is 2.57. The first-order valence-electron chi connectivity index (χ1n) is 11.2. The zero-order valence-corrected chi connectivity index (χ0v) is 20.3. The van der Waals surface area contributed by atoms with Gasteiger partial charge in [-0.25, -0.2) is 13.2 Å². The zero-order chi connectivity index (χ0) is 23.4. The minimum absolute atomic E-state index is 0.209. The minimum atomic E-state index is -0.935. The Labute approximate surface area is 208 Å². The number of ether oxygens (including phenoxy) is 2. The van der Waals surface area contributed by atoms with Crippen LogP contribution in [0.5, 0.6) is 5.75 Å². The van der Waals surface area contributed by atoms with Crippen LogP contribution in [0, 0.1) is 26.4 Å². The van der Waals surface area contributed by atoms with E-state index in [2.05, 4.69) is 22.6 Å². The normalized spacial score (nSPS) is 17.1. The van der Waals surface area contributed by atoms with E-state index >= 15 is 0 Å². The molecule has 1 saturated heterocycles. The first-order chi connectivity index (χ1) is 16.4. The molecule has 0 bridgehead atoms. The number of aromatic nitrogens is 1. The van der Waals surface area contributed by atoms with Crippen molar-refractivity contribution in [2.75, 3.05) is 13.2 Å². The third kappa shape index (κ3) is 3.60. The fourth-order valence-corrected chi connectivity index (χ4v) is 6.46. The number of halogens is 4. The third-order valence-corrected chi connectivity index (χ3v) is 8.02. The summed E-state index contributed by atoms with van der Waals surface area (Å²) >= 11 is 2.29. The number of benzene rings is 3. The summed E-state index contributed by atoms with van der Waals surface area (Å²) in [4.78, 5) is 0. The summed E-state index contributed by atoms with van der Waals surface area (Å²) in [6.45, 7) is 1.81. The Bertz CT molecular complexity index is 1390. The molecule has 3 aromatic carbocycles. The van der Waals surface area contributed by atoms with Crippen molar-refractivity contribution in [2.24, 2.45) is 5.41 Å². The summed E-state index contributed by atoms with van der Waals surface area (Å²) in [5, 5.41) is 0.781. The molecular formula is C27H21F3INO2. The first kappa shape index (κ1) is 22.0. The molecule has 1 aromatic heterocycles. The maximum Gasteiger partial charge on any atom is 0.160 e. The molecule has 0 radical (unpaired) electrons. The van der Waals surface area contributed by atoms with Crippen molar-refractivity contribution in [1.82, 2.24) is 4.57 Å². The van der Waals surface area contributed by atoms with Crippen LogP contribution in [0.4, 0.5) is 13.2 Å². The van der Waals surface area contributed by atoms with Gasteiger partial charge in [-0.2, -0.15) is 0 Å². The van der Waals surface area contributed by atoms with E-state index in [-0.39, 0.29) is 11.3 Å². The third-order valence-electron chi connectivity index (χ3n) is 6.93. The van der Waals surface area contributed by atoms with Gasteiger partial charge < -0.3 is 14.0 Å². The summed E-state index contributed by atoms with van der Waals surface area (Å²) in [5.41, 5.74) is 3.21. The van der Waals surface area contributed by atoms with Crippen LogP contribution in [0.2, 0.25) is 0 Å². The highest BCUT2D eigenvalue weighted by atomic mass is 127. The molecule has 2 heterocycles. The number of hydrogen-bond donors (Lipinski definition) is 0.